The summed E-state index contributed by atoms with van der Waals surface area (Å²) in [5.74, 6) is 1.40. The van der Waals surface area contributed by atoms with Crippen LogP contribution in [0.3, 0.4) is 0 Å². The maximum atomic E-state index is 13.2. The number of nitrogens with zero attached hydrogens (tertiary/aromatic N) is 4. The number of rotatable bonds is 6. The van der Waals surface area contributed by atoms with Crippen LogP contribution in [0.15, 0.2) is 82.6 Å². The van der Waals surface area contributed by atoms with Crippen LogP contribution in [0.5, 0.6) is 0 Å². The van der Waals surface area contributed by atoms with E-state index in [9.17, 15) is 4.79 Å². The lowest BCUT2D eigenvalue weighted by Crippen LogP contribution is -2.35. The minimum absolute atomic E-state index is 0.0868. The van der Waals surface area contributed by atoms with E-state index in [-0.39, 0.29) is 11.2 Å². The molecule has 2 aromatic carbocycles. The second kappa shape index (κ2) is 8.43. The Morgan fingerprint density at radius 2 is 1.87 bits per heavy atom. The van der Waals surface area contributed by atoms with Crippen LogP contribution in [0.25, 0.3) is 11.6 Å². The van der Waals surface area contributed by atoms with Gasteiger partial charge >= 0.3 is 0 Å². The van der Waals surface area contributed by atoms with Crippen molar-refractivity contribution in [2.24, 2.45) is 0 Å². The summed E-state index contributed by atoms with van der Waals surface area (Å²) in [5.41, 5.74) is 3.37. The zero-order valence-electron chi connectivity index (χ0n) is 17.1. The van der Waals surface area contributed by atoms with E-state index in [1.165, 1.54) is 17.3 Å². The van der Waals surface area contributed by atoms with E-state index >= 15 is 0 Å². The summed E-state index contributed by atoms with van der Waals surface area (Å²) in [6.07, 6.45) is 2.52. The van der Waals surface area contributed by atoms with Gasteiger partial charge in [-0.2, -0.15) is 0 Å². The van der Waals surface area contributed by atoms with Crippen molar-refractivity contribution in [3.63, 3.8) is 0 Å². The van der Waals surface area contributed by atoms with Gasteiger partial charge in [0.05, 0.1) is 18.1 Å². The molecule has 4 aromatic rings. The van der Waals surface area contributed by atoms with Crippen molar-refractivity contribution in [3.8, 4) is 11.6 Å². The van der Waals surface area contributed by atoms with Crippen molar-refractivity contribution in [2.75, 3.05) is 11.4 Å². The van der Waals surface area contributed by atoms with Gasteiger partial charge in [-0.3, -0.25) is 9.36 Å². The van der Waals surface area contributed by atoms with Crippen molar-refractivity contribution in [2.45, 2.75) is 30.3 Å². The lowest BCUT2D eigenvalue weighted by atomic mass is 10.2. The number of thioether (sulfide) groups is 1. The van der Waals surface area contributed by atoms with Gasteiger partial charge in [-0.05, 0) is 42.7 Å². The third-order valence-corrected chi connectivity index (χ3v) is 6.49. The summed E-state index contributed by atoms with van der Waals surface area (Å²) in [7, 11) is 0. The topological polar surface area (TPSA) is 64.2 Å². The molecule has 31 heavy (non-hydrogen) atoms. The summed E-state index contributed by atoms with van der Waals surface area (Å²) in [6.45, 7) is 3.25. The molecule has 0 spiro atoms. The number of carbonyl (C=O) groups is 1. The van der Waals surface area contributed by atoms with Crippen LogP contribution in [-0.4, -0.2) is 32.5 Å². The van der Waals surface area contributed by atoms with E-state index in [4.69, 9.17) is 4.42 Å². The highest BCUT2D eigenvalue weighted by Crippen LogP contribution is 2.32. The Morgan fingerprint density at radius 3 is 2.68 bits per heavy atom. The van der Waals surface area contributed by atoms with Crippen molar-refractivity contribution in [1.82, 2.24) is 14.8 Å². The summed E-state index contributed by atoms with van der Waals surface area (Å²) < 4.78 is 7.59. The van der Waals surface area contributed by atoms with Crippen LogP contribution in [0.2, 0.25) is 0 Å². The Bertz CT molecular complexity index is 1190. The fourth-order valence-electron chi connectivity index (χ4n) is 3.87. The van der Waals surface area contributed by atoms with Crippen molar-refractivity contribution >= 4 is 23.4 Å². The molecule has 0 aliphatic carbocycles. The SMILES string of the molecule is C[C@@H](Sc1nnc(-c2ccco2)n1Cc1ccccc1)C(=O)N1CCc2ccccc21. The van der Waals surface area contributed by atoms with E-state index in [2.05, 4.69) is 28.4 Å². The number of para-hydroxylation sites is 1. The minimum Gasteiger partial charge on any atom is -0.461 e. The van der Waals surface area contributed by atoms with Crippen LogP contribution in [0.4, 0.5) is 5.69 Å². The van der Waals surface area contributed by atoms with Crippen LogP contribution in [-0.2, 0) is 17.8 Å². The maximum Gasteiger partial charge on any atom is 0.240 e. The molecule has 1 aliphatic heterocycles. The number of carbonyl (C=O) groups excluding carboxylic acids is 1. The normalized spacial score (nSPS) is 13.9. The summed E-state index contributed by atoms with van der Waals surface area (Å²) in [4.78, 5) is 15.1. The zero-order chi connectivity index (χ0) is 21.2. The van der Waals surface area contributed by atoms with Gasteiger partial charge in [0.15, 0.2) is 10.9 Å². The average molecular weight is 431 g/mol. The quantitative estimate of drug-likeness (QED) is 0.417. The molecule has 7 heteroatoms. The average Bonchev–Trinajstić information content (AvgIpc) is 3.54. The molecule has 0 bridgehead atoms. The Kier molecular flexibility index (Phi) is 5.34. The molecule has 1 amide bonds. The first-order valence-electron chi connectivity index (χ1n) is 10.3. The number of furan rings is 1. The fraction of sp³-hybridized carbons (Fsp3) is 0.208. The van der Waals surface area contributed by atoms with E-state index in [0.29, 0.717) is 23.3 Å². The highest BCUT2D eigenvalue weighted by Gasteiger charge is 2.30. The van der Waals surface area contributed by atoms with Gasteiger partial charge in [0, 0.05) is 12.2 Å². The first-order valence-corrected chi connectivity index (χ1v) is 11.2. The number of amides is 1. The molecule has 2 aromatic heterocycles. The largest absolute Gasteiger partial charge is 0.461 e. The Balaban J connectivity index is 1.42. The molecule has 0 saturated heterocycles. The first-order chi connectivity index (χ1) is 15.2. The standard InChI is InChI=1S/C24H22N4O2S/c1-17(23(29)27-14-13-19-10-5-6-11-20(19)27)31-24-26-25-22(21-12-7-15-30-21)28(24)16-18-8-3-2-4-9-18/h2-12,15,17H,13-14,16H2,1H3/t17-/m1/s1. The number of hydrogen-bond acceptors (Lipinski definition) is 5. The van der Waals surface area contributed by atoms with E-state index in [1.807, 2.05) is 64.9 Å². The highest BCUT2D eigenvalue weighted by atomic mass is 32.2. The third kappa shape index (κ3) is 3.88. The number of anilines is 1. The van der Waals surface area contributed by atoms with Gasteiger partial charge in [0.2, 0.25) is 11.7 Å². The Labute approximate surface area is 184 Å². The lowest BCUT2D eigenvalue weighted by Gasteiger charge is -2.21. The Morgan fingerprint density at radius 1 is 1.06 bits per heavy atom. The van der Waals surface area contributed by atoms with Gasteiger partial charge < -0.3 is 9.32 Å². The predicted octanol–water partition coefficient (Wildman–Crippen LogP) is 4.66. The van der Waals surface area contributed by atoms with Crippen LogP contribution >= 0.6 is 11.8 Å². The third-order valence-electron chi connectivity index (χ3n) is 5.43. The number of aromatic nitrogens is 3. The molecule has 0 saturated carbocycles. The van der Waals surface area contributed by atoms with Crippen LogP contribution in [0, 0.1) is 0 Å². The van der Waals surface area contributed by atoms with Gasteiger partial charge in [0.1, 0.15) is 0 Å². The van der Waals surface area contributed by atoms with Gasteiger partial charge in [0.25, 0.3) is 0 Å². The summed E-state index contributed by atoms with van der Waals surface area (Å²) in [5, 5.41) is 9.18. The molecule has 156 valence electrons. The second-order valence-corrected chi connectivity index (χ2v) is 8.79. The molecular formula is C24H22N4O2S. The van der Waals surface area contributed by atoms with E-state index < -0.39 is 0 Å². The Hall–Kier alpha value is -3.32. The minimum atomic E-state index is -0.297. The molecule has 1 aliphatic rings. The van der Waals surface area contributed by atoms with Crippen molar-refractivity contribution < 1.29 is 9.21 Å². The number of benzene rings is 2. The van der Waals surface area contributed by atoms with Gasteiger partial charge in [-0.25, -0.2) is 0 Å². The molecule has 1 atom stereocenters. The molecular weight excluding hydrogens is 408 g/mol. The fourth-order valence-corrected chi connectivity index (χ4v) is 4.78. The van der Waals surface area contributed by atoms with E-state index in [0.717, 1.165) is 24.2 Å². The highest BCUT2D eigenvalue weighted by molar-refractivity contribution is 8.00. The number of fused-ring (bicyclic) bond motifs is 1. The van der Waals surface area contributed by atoms with Crippen molar-refractivity contribution in [1.29, 1.82) is 0 Å². The predicted molar refractivity (Wildman–Crippen MR) is 121 cm³/mol. The van der Waals surface area contributed by atoms with Crippen LogP contribution in [0.1, 0.15) is 18.1 Å². The molecule has 0 unspecified atom stereocenters. The van der Waals surface area contributed by atoms with Gasteiger partial charge in [-0.1, -0.05) is 60.3 Å². The molecule has 3 heterocycles. The molecule has 0 fully saturated rings. The molecule has 5 rings (SSSR count). The zero-order valence-corrected chi connectivity index (χ0v) is 18.0. The monoisotopic (exact) mass is 430 g/mol. The molecule has 0 radical (unpaired) electrons. The smallest absolute Gasteiger partial charge is 0.240 e. The summed E-state index contributed by atoms with van der Waals surface area (Å²) >= 11 is 1.43. The number of hydrogen-bond donors (Lipinski definition) is 0. The second-order valence-electron chi connectivity index (χ2n) is 7.48. The lowest BCUT2D eigenvalue weighted by molar-refractivity contribution is -0.117. The van der Waals surface area contributed by atoms with Crippen molar-refractivity contribution in [3.05, 3.63) is 84.1 Å². The van der Waals surface area contributed by atoms with E-state index in [1.54, 1.807) is 6.26 Å². The molecule has 0 N–H and O–H groups in total. The molecule has 6 nitrogen and oxygen atoms in total. The first kappa shape index (κ1) is 19.6. The maximum absolute atomic E-state index is 13.2. The van der Waals surface area contributed by atoms with Crippen LogP contribution < -0.4 is 4.90 Å². The summed E-state index contributed by atoms with van der Waals surface area (Å²) in [6, 6.07) is 22.0. The van der Waals surface area contributed by atoms with Gasteiger partial charge in [-0.15, -0.1) is 10.2 Å².